The third-order valence-corrected chi connectivity index (χ3v) is 14.0. The molecule has 0 spiro atoms. The lowest BCUT2D eigenvalue weighted by Crippen LogP contribution is -2.54. The topological polar surface area (TPSA) is 217 Å². The molecule has 70 heavy (non-hydrogen) atoms. The molecule has 2 unspecified atom stereocenters. The Balaban J connectivity index is 0.643. The van der Waals surface area contributed by atoms with Gasteiger partial charge in [0.25, 0.3) is 11.8 Å². The summed E-state index contributed by atoms with van der Waals surface area (Å²) in [5.41, 5.74) is 10.6. The standard InChI is InChI=1S/C52H64N12O6/c1-52(2,55-40-17-12-16-39-47(40)51(69)64(50(39)68)42-23-24-46(66)54-49(42)67)45-34-63(59-57-45)27-11-7-5-3-4-6-10-25-60-28-30-61(31-29-60)35-19-21-36(22-20-35)62-26-13-14-37(33-62)70-44-32-41(56-58-48(44)53)38-15-8-9-18-43(38)65/h8-9,12,15-22,32,34,37,42,55,65H,3-7,10-11,13-14,23-31,33H2,1-2H3,(H2,53,58)(H,54,66,67). The van der Waals surface area contributed by atoms with Gasteiger partial charge in [0.1, 0.15) is 29.3 Å². The number of imide groups is 2. The minimum Gasteiger partial charge on any atom is -0.507 e. The first kappa shape index (κ1) is 48.0. The van der Waals surface area contributed by atoms with Crippen LogP contribution in [0.4, 0.5) is 22.9 Å². The number of fused-ring (bicyclic) bond motifs is 1. The summed E-state index contributed by atoms with van der Waals surface area (Å²) in [5, 5.41) is 33.1. The van der Waals surface area contributed by atoms with Crippen molar-refractivity contribution in [3.63, 3.8) is 0 Å². The van der Waals surface area contributed by atoms with Crippen LogP contribution in [0.3, 0.4) is 0 Å². The number of piperidine rings is 2. The molecule has 4 aliphatic rings. The van der Waals surface area contributed by atoms with Crippen LogP contribution in [0.1, 0.15) is 111 Å². The fraction of sp³-hybridized carbons (Fsp3) is 0.462. The highest BCUT2D eigenvalue weighted by Crippen LogP contribution is 2.36. The van der Waals surface area contributed by atoms with Crippen LogP contribution in [0.15, 0.2) is 79.0 Å². The number of hydrogen-bond donors (Lipinski definition) is 4. The fourth-order valence-corrected chi connectivity index (χ4v) is 10.1. The Morgan fingerprint density at radius 2 is 1.47 bits per heavy atom. The number of amides is 4. The van der Waals surface area contributed by atoms with Crippen molar-refractivity contribution in [1.82, 2.24) is 40.3 Å². The van der Waals surface area contributed by atoms with Gasteiger partial charge in [-0.3, -0.25) is 39.0 Å². The molecular formula is C52H64N12O6. The summed E-state index contributed by atoms with van der Waals surface area (Å²) in [5.74, 6) is -1.29. The summed E-state index contributed by atoms with van der Waals surface area (Å²) in [6.07, 6.45) is 12.2. The van der Waals surface area contributed by atoms with Gasteiger partial charge >= 0.3 is 0 Å². The molecule has 4 aliphatic heterocycles. The van der Waals surface area contributed by atoms with Gasteiger partial charge < -0.3 is 30.7 Å². The number of nitrogens with two attached hydrogens (primary N) is 1. The third kappa shape index (κ3) is 10.9. The number of nitrogens with zero attached hydrogens (tertiary/aromatic N) is 9. The number of aromatic nitrogens is 5. The van der Waals surface area contributed by atoms with Crippen LogP contribution in [-0.4, -0.2) is 122 Å². The summed E-state index contributed by atoms with van der Waals surface area (Å²) in [6.45, 7) is 11.7. The smallest absolute Gasteiger partial charge is 0.264 e. The van der Waals surface area contributed by atoms with E-state index in [4.69, 9.17) is 10.5 Å². The molecule has 18 heteroatoms. The highest BCUT2D eigenvalue weighted by Gasteiger charge is 2.46. The maximum atomic E-state index is 13.6. The molecule has 0 radical (unpaired) electrons. The third-order valence-electron chi connectivity index (χ3n) is 14.0. The Bertz CT molecular complexity index is 2680. The Labute approximate surface area is 408 Å². The number of nitrogen functional groups attached to an aromatic ring is 1. The first-order valence-corrected chi connectivity index (χ1v) is 24.9. The normalized spacial score (nSPS) is 18.9. The SMILES string of the molecule is CC(C)(Nc1cccc2c1C(=O)N(C1CCC(=O)NC1=O)C2=O)c1cn(CCCCCCCCCN2CCN(c3ccc(N4CCCC(Oc5cc(-c6ccccc6O)nnc5N)C4)cc3)CC2)nn1. The van der Waals surface area contributed by atoms with Crippen molar-refractivity contribution in [2.24, 2.45) is 0 Å². The molecule has 2 atom stereocenters. The second-order valence-electron chi connectivity index (χ2n) is 19.4. The van der Waals surface area contributed by atoms with Gasteiger partial charge in [-0.25, -0.2) is 0 Å². The van der Waals surface area contributed by atoms with Crippen LogP contribution in [0.2, 0.25) is 0 Å². The lowest BCUT2D eigenvalue weighted by Gasteiger charge is -2.37. The van der Waals surface area contributed by atoms with Crippen molar-refractivity contribution < 1.29 is 29.0 Å². The first-order valence-electron chi connectivity index (χ1n) is 24.9. The Morgan fingerprint density at radius 1 is 0.771 bits per heavy atom. The van der Waals surface area contributed by atoms with Gasteiger partial charge in [0, 0.05) is 74.4 Å². The van der Waals surface area contributed by atoms with Crippen LogP contribution in [0.5, 0.6) is 11.5 Å². The predicted molar refractivity (Wildman–Crippen MR) is 267 cm³/mol. The minimum absolute atomic E-state index is 0.0517. The predicted octanol–water partition coefficient (Wildman–Crippen LogP) is 6.37. The Morgan fingerprint density at radius 3 is 2.21 bits per heavy atom. The van der Waals surface area contributed by atoms with Gasteiger partial charge in [-0.1, -0.05) is 55.5 Å². The summed E-state index contributed by atoms with van der Waals surface area (Å²) in [6, 6.07) is 21.8. The zero-order valence-electron chi connectivity index (χ0n) is 40.2. The molecule has 3 fully saturated rings. The van der Waals surface area contributed by atoms with Crippen molar-refractivity contribution >= 4 is 46.5 Å². The molecule has 0 aliphatic carbocycles. The van der Waals surface area contributed by atoms with Crippen LogP contribution < -0.4 is 30.9 Å². The monoisotopic (exact) mass is 953 g/mol. The number of nitrogens with one attached hydrogen (secondary N) is 2. The van der Waals surface area contributed by atoms with E-state index in [1.165, 1.54) is 43.5 Å². The van der Waals surface area contributed by atoms with Crippen molar-refractivity contribution in [2.75, 3.05) is 66.7 Å². The number of carbonyl (C=O) groups is 4. The molecule has 5 N–H and O–H groups in total. The molecule has 0 saturated carbocycles. The van der Waals surface area contributed by atoms with Gasteiger partial charge in [-0.2, -0.15) is 0 Å². The van der Waals surface area contributed by atoms with Crippen LogP contribution in [0, 0.1) is 0 Å². The van der Waals surface area contributed by atoms with E-state index >= 15 is 0 Å². The van der Waals surface area contributed by atoms with Gasteiger partial charge in [0.2, 0.25) is 11.8 Å². The summed E-state index contributed by atoms with van der Waals surface area (Å²) in [4.78, 5) is 59.6. The minimum atomic E-state index is -1.03. The Hall–Kier alpha value is -7.08. The number of para-hydroxylation sites is 1. The van der Waals surface area contributed by atoms with Crippen LogP contribution in [0.25, 0.3) is 11.3 Å². The van der Waals surface area contributed by atoms with E-state index in [-0.39, 0.29) is 41.6 Å². The molecule has 3 saturated heterocycles. The number of aryl methyl sites for hydroxylation is 1. The van der Waals surface area contributed by atoms with Gasteiger partial charge in [-0.15, -0.1) is 15.3 Å². The highest BCUT2D eigenvalue weighted by atomic mass is 16.5. The fourth-order valence-electron chi connectivity index (χ4n) is 10.1. The second-order valence-corrected chi connectivity index (χ2v) is 19.4. The molecule has 0 bridgehead atoms. The molecule has 368 valence electrons. The van der Waals surface area contributed by atoms with E-state index in [1.807, 2.05) is 30.8 Å². The van der Waals surface area contributed by atoms with Crippen molar-refractivity contribution in [1.29, 1.82) is 0 Å². The lowest BCUT2D eigenvalue weighted by atomic mass is 9.99. The van der Waals surface area contributed by atoms with Gasteiger partial charge in [-0.05, 0) is 101 Å². The number of carbonyl (C=O) groups excluding carboxylic acids is 4. The highest BCUT2D eigenvalue weighted by molar-refractivity contribution is 6.25. The van der Waals surface area contributed by atoms with E-state index in [9.17, 15) is 24.3 Å². The van der Waals surface area contributed by atoms with Crippen molar-refractivity contribution in [2.45, 2.75) is 109 Å². The molecular weight excluding hydrogens is 889 g/mol. The van der Waals surface area contributed by atoms with E-state index in [0.717, 1.165) is 82.9 Å². The maximum absolute atomic E-state index is 13.6. The molecule has 6 heterocycles. The average molecular weight is 953 g/mol. The number of rotatable bonds is 19. The summed E-state index contributed by atoms with van der Waals surface area (Å²) < 4.78 is 8.26. The summed E-state index contributed by atoms with van der Waals surface area (Å²) in [7, 11) is 0. The average Bonchev–Trinajstić information content (AvgIpc) is 3.95. The van der Waals surface area contributed by atoms with Crippen LogP contribution >= 0.6 is 0 Å². The lowest BCUT2D eigenvalue weighted by molar-refractivity contribution is -0.136. The number of aromatic hydroxyl groups is 1. The quantitative estimate of drug-likeness (QED) is 0.0522. The zero-order valence-corrected chi connectivity index (χ0v) is 40.2. The number of anilines is 4. The maximum Gasteiger partial charge on any atom is 0.264 e. The Kier molecular flexibility index (Phi) is 14.6. The van der Waals surface area contributed by atoms with E-state index in [1.54, 1.807) is 42.5 Å². The summed E-state index contributed by atoms with van der Waals surface area (Å²) >= 11 is 0. The van der Waals surface area contributed by atoms with Crippen molar-refractivity contribution in [3.05, 3.63) is 95.8 Å². The molecule has 2 aromatic heterocycles. The molecule has 18 nitrogen and oxygen atoms in total. The number of hydrogen-bond acceptors (Lipinski definition) is 15. The molecule has 9 rings (SSSR count). The number of ether oxygens (including phenoxy) is 1. The molecule has 5 aromatic rings. The molecule has 4 amide bonds. The molecule has 3 aromatic carbocycles. The second kappa shape index (κ2) is 21.3. The van der Waals surface area contributed by atoms with E-state index in [2.05, 4.69) is 70.1 Å². The van der Waals surface area contributed by atoms with E-state index in [0.29, 0.717) is 28.4 Å². The van der Waals surface area contributed by atoms with Gasteiger partial charge in [0.15, 0.2) is 11.6 Å². The largest absolute Gasteiger partial charge is 0.507 e. The number of piperazine rings is 1. The number of phenolic OH excluding ortho intramolecular Hbond substituents is 1. The van der Waals surface area contributed by atoms with Gasteiger partial charge in [0.05, 0.1) is 29.4 Å². The number of benzene rings is 3. The van der Waals surface area contributed by atoms with E-state index < -0.39 is 35.2 Å². The number of unbranched alkanes of at least 4 members (excludes halogenated alkanes) is 6. The zero-order chi connectivity index (χ0) is 48.8. The van der Waals surface area contributed by atoms with Crippen LogP contribution in [-0.2, 0) is 21.7 Å². The first-order chi connectivity index (χ1) is 33.9. The number of phenols is 1. The van der Waals surface area contributed by atoms with Crippen molar-refractivity contribution in [3.8, 4) is 22.8 Å².